The van der Waals surface area contributed by atoms with E-state index in [1.165, 1.54) is 10.4 Å². The molecule has 0 fully saturated rings. The fourth-order valence-corrected chi connectivity index (χ4v) is 3.53. The van der Waals surface area contributed by atoms with Crippen LogP contribution in [0.5, 0.6) is 0 Å². The number of rotatable bonds is 5. The Morgan fingerprint density at radius 3 is 3.05 bits per heavy atom. The second-order valence-corrected chi connectivity index (χ2v) is 6.04. The van der Waals surface area contributed by atoms with E-state index in [-0.39, 0.29) is 6.04 Å². The van der Waals surface area contributed by atoms with Crippen molar-refractivity contribution < 1.29 is 14.7 Å². The Morgan fingerprint density at radius 1 is 1.55 bits per heavy atom. The molecule has 0 radical (unpaired) electrons. The van der Waals surface area contributed by atoms with Gasteiger partial charge in [0.05, 0.1) is 6.04 Å². The second-order valence-electron chi connectivity index (χ2n) is 5.04. The van der Waals surface area contributed by atoms with Crippen LogP contribution in [0.2, 0.25) is 0 Å². The van der Waals surface area contributed by atoms with Gasteiger partial charge in [0.1, 0.15) is 6.04 Å². The molecule has 6 heteroatoms. The molecule has 2 rings (SSSR count). The summed E-state index contributed by atoms with van der Waals surface area (Å²) in [5.41, 5.74) is 1.18. The fourth-order valence-electron chi connectivity index (χ4n) is 2.54. The number of thiophene rings is 1. The minimum atomic E-state index is -0.984. The van der Waals surface area contributed by atoms with Gasteiger partial charge in [-0.3, -0.25) is 0 Å². The first-order valence-electron chi connectivity index (χ1n) is 6.98. The number of hydrogen-bond acceptors (Lipinski definition) is 3. The number of aryl methyl sites for hydroxylation is 1. The Labute approximate surface area is 122 Å². The Morgan fingerprint density at radius 2 is 2.35 bits per heavy atom. The Hall–Kier alpha value is -1.56. The lowest BCUT2D eigenvalue weighted by molar-refractivity contribution is -0.139. The third-order valence-corrected chi connectivity index (χ3v) is 4.53. The predicted molar refractivity (Wildman–Crippen MR) is 78.0 cm³/mol. The molecule has 110 valence electrons. The van der Waals surface area contributed by atoms with E-state index >= 15 is 0 Å². The first-order chi connectivity index (χ1) is 9.61. The first-order valence-corrected chi connectivity index (χ1v) is 7.86. The lowest BCUT2D eigenvalue weighted by atomic mass is 9.94. The lowest BCUT2D eigenvalue weighted by Crippen LogP contribution is -2.47. The highest BCUT2D eigenvalue weighted by Crippen LogP contribution is 2.33. The minimum absolute atomic E-state index is 0.000992. The van der Waals surface area contributed by atoms with E-state index in [0.29, 0.717) is 6.42 Å². The van der Waals surface area contributed by atoms with Gasteiger partial charge < -0.3 is 15.7 Å². The van der Waals surface area contributed by atoms with Gasteiger partial charge in [-0.15, -0.1) is 11.3 Å². The van der Waals surface area contributed by atoms with Gasteiger partial charge in [0.15, 0.2) is 0 Å². The number of amides is 2. The molecule has 0 aliphatic heterocycles. The van der Waals surface area contributed by atoms with Crippen molar-refractivity contribution in [3.8, 4) is 0 Å². The molecule has 1 heterocycles. The number of carbonyl (C=O) groups excluding carboxylic acids is 1. The van der Waals surface area contributed by atoms with E-state index in [1.807, 2.05) is 18.4 Å². The molecule has 3 N–H and O–H groups in total. The molecule has 1 aromatic heterocycles. The molecular formula is C14H20N2O3S. The Kier molecular flexibility index (Phi) is 5.00. The van der Waals surface area contributed by atoms with Gasteiger partial charge in [-0.1, -0.05) is 13.3 Å². The van der Waals surface area contributed by atoms with Crippen LogP contribution in [0.4, 0.5) is 4.79 Å². The third kappa shape index (κ3) is 3.50. The summed E-state index contributed by atoms with van der Waals surface area (Å²) in [4.78, 5) is 24.3. The van der Waals surface area contributed by atoms with E-state index in [4.69, 9.17) is 5.11 Å². The third-order valence-electron chi connectivity index (χ3n) is 3.54. The molecule has 5 nitrogen and oxygen atoms in total. The van der Waals surface area contributed by atoms with Crippen LogP contribution < -0.4 is 10.6 Å². The van der Waals surface area contributed by atoms with Crippen LogP contribution in [0.25, 0.3) is 0 Å². The summed E-state index contributed by atoms with van der Waals surface area (Å²) in [6, 6.07) is 0.840. The highest BCUT2D eigenvalue weighted by molar-refractivity contribution is 7.10. The summed E-state index contributed by atoms with van der Waals surface area (Å²) in [6.07, 6.45) is 4.19. The number of hydrogen-bond donors (Lipinski definition) is 3. The summed E-state index contributed by atoms with van der Waals surface area (Å²) >= 11 is 1.72. The van der Waals surface area contributed by atoms with E-state index in [2.05, 4.69) is 10.6 Å². The molecule has 1 aromatic rings. The smallest absolute Gasteiger partial charge is 0.326 e. The maximum Gasteiger partial charge on any atom is 0.326 e. The number of carboxylic acids is 1. The zero-order valence-electron chi connectivity index (χ0n) is 11.5. The number of fused-ring (bicyclic) bond motifs is 1. The average molecular weight is 296 g/mol. The molecule has 1 unspecified atom stereocenters. The molecule has 1 aliphatic carbocycles. The van der Waals surface area contributed by atoms with E-state index in [1.54, 1.807) is 11.3 Å². The largest absolute Gasteiger partial charge is 0.480 e. The molecule has 0 saturated carbocycles. The van der Waals surface area contributed by atoms with Crippen LogP contribution >= 0.6 is 11.3 Å². The van der Waals surface area contributed by atoms with Crippen LogP contribution in [-0.4, -0.2) is 23.1 Å². The molecule has 2 amide bonds. The van der Waals surface area contributed by atoms with Gasteiger partial charge in [0.2, 0.25) is 0 Å². The maximum atomic E-state index is 12.0. The van der Waals surface area contributed by atoms with E-state index < -0.39 is 18.0 Å². The summed E-state index contributed by atoms with van der Waals surface area (Å²) < 4.78 is 0. The summed E-state index contributed by atoms with van der Waals surface area (Å²) in [7, 11) is 0. The summed E-state index contributed by atoms with van der Waals surface area (Å²) in [5, 5.41) is 16.5. The summed E-state index contributed by atoms with van der Waals surface area (Å²) in [6.45, 7) is 1.90. The van der Waals surface area contributed by atoms with Gasteiger partial charge in [0, 0.05) is 4.88 Å². The Bertz CT molecular complexity index is 487. The SMILES string of the molecule is CCC[C@H](NC(=O)NC1CCCc2sccc21)C(=O)O. The van der Waals surface area contributed by atoms with Crippen molar-refractivity contribution in [3.05, 3.63) is 21.9 Å². The van der Waals surface area contributed by atoms with E-state index in [0.717, 1.165) is 25.7 Å². The van der Waals surface area contributed by atoms with Gasteiger partial charge in [-0.25, -0.2) is 9.59 Å². The van der Waals surface area contributed by atoms with Crippen molar-refractivity contribution in [1.82, 2.24) is 10.6 Å². The highest BCUT2D eigenvalue weighted by Gasteiger charge is 2.24. The topological polar surface area (TPSA) is 78.4 Å². The Balaban J connectivity index is 1.94. The quantitative estimate of drug-likeness (QED) is 0.781. The molecular weight excluding hydrogens is 276 g/mol. The van der Waals surface area contributed by atoms with Crippen molar-refractivity contribution >= 4 is 23.3 Å². The first kappa shape index (κ1) is 14.8. The molecule has 0 bridgehead atoms. The minimum Gasteiger partial charge on any atom is -0.480 e. The molecule has 20 heavy (non-hydrogen) atoms. The molecule has 1 aliphatic rings. The van der Waals surface area contributed by atoms with Crippen LogP contribution in [0.3, 0.4) is 0 Å². The molecule has 0 saturated heterocycles. The average Bonchev–Trinajstić information content (AvgIpc) is 2.87. The normalized spacial score (nSPS) is 18.9. The number of urea groups is 1. The number of nitrogens with one attached hydrogen (secondary N) is 2. The van der Waals surface area contributed by atoms with Crippen molar-refractivity contribution in [2.75, 3.05) is 0 Å². The standard InChI is InChI=1S/C14H20N2O3S/c1-2-4-11(13(17)18)16-14(19)15-10-5-3-6-12-9(10)7-8-20-12/h7-8,10-11H,2-6H2,1H3,(H,17,18)(H2,15,16,19)/t10?,11-/m0/s1. The zero-order chi connectivity index (χ0) is 14.5. The molecule has 0 aromatic carbocycles. The molecule has 2 atom stereocenters. The van der Waals surface area contributed by atoms with Crippen molar-refractivity contribution in [3.63, 3.8) is 0 Å². The fraction of sp³-hybridized carbons (Fsp3) is 0.571. The monoisotopic (exact) mass is 296 g/mol. The highest BCUT2D eigenvalue weighted by atomic mass is 32.1. The van der Waals surface area contributed by atoms with Gasteiger partial charge in [-0.05, 0) is 42.7 Å². The summed E-state index contributed by atoms with van der Waals surface area (Å²) in [5.74, 6) is -0.984. The van der Waals surface area contributed by atoms with Crippen LogP contribution in [-0.2, 0) is 11.2 Å². The zero-order valence-corrected chi connectivity index (χ0v) is 12.3. The van der Waals surface area contributed by atoms with Crippen LogP contribution in [0.15, 0.2) is 11.4 Å². The van der Waals surface area contributed by atoms with Crippen molar-refractivity contribution in [2.24, 2.45) is 0 Å². The lowest BCUT2D eigenvalue weighted by Gasteiger charge is -2.24. The maximum absolute atomic E-state index is 12.0. The van der Waals surface area contributed by atoms with Gasteiger partial charge in [0.25, 0.3) is 0 Å². The van der Waals surface area contributed by atoms with Crippen molar-refractivity contribution in [2.45, 2.75) is 51.1 Å². The van der Waals surface area contributed by atoms with Crippen LogP contribution in [0.1, 0.15) is 49.1 Å². The number of aliphatic carboxylic acids is 1. The van der Waals surface area contributed by atoms with Crippen molar-refractivity contribution in [1.29, 1.82) is 0 Å². The van der Waals surface area contributed by atoms with Gasteiger partial charge >= 0.3 is 12.0 Å². The molecule has 0 spiro atoms. The van der Waals surface area contributed by atoms with E-state index in [9.17, 15) is 9.59 Å². The predicted octanol–water partition coefficient (Wildman–Crippen LogP) is 2.68. The number of carbonyl (C=O) groups is 2. The number of carboxylic acid groups (broad SMARTS) is 1. The van der Waals surface area contributed by atoms with Crippen LogP contribution in [0, 0.1) is 0 Å². The second kappa shape index (κ2) is 6.74. The van der Waals surface area contributed by atoms with Gasteiger partial charge in [-0.2, -0.15) is 0 Å².